The van der Waals surface area contributed by atoms with Crippen molar-refractivity contribution in [1.82, 2.24) is 4.98 Å². The molecule has 1 heterocycles. The highest BCUT2D eigenvalue weighted by atomic mass is 32.1. The molecule has 0 unspecified atom stereocenters. The summed E-state index contributed by atoms with van der Waals surface area (Å²) in [5.41, 5.74) is 0.852. The fourth-order valence-corrected chi connectivity index (χ4v) is 2.57. The van der Waals surface area contributed by atoms with Crippen LogP contribution in [0.2, 0.25) is 0 Å². The minimum absolute atomic E-state index is 0.0484. The Kier molecular flexibility index (Phi) is 2.89. The summed E-state index contributed by atoms with van der Waals surface area (Å²) in [5.74, 6) is -1.26. The lowest BCUT2D eigenvalue weighted by Crippen LogP contribution is -2.22. The Balaban J connectivity index is 1.98. The predicted octanol–water partition coefficient (Wildman–Crippen LogP) is 2.40. The first kappa shape index (κ1) is 11.7. The van der Waals surface area contributed by atoms with Gasteiger partial charge in [-0.2, -0.15) is 0 Å². The van der Waals surface area contributed by atoms with Crippen LogP contribution in [-0.4, -0.2) is 11.0 Å². The van der Waals surface area contributed by atoms with E-state index in [9.17, 15) is 9.90 Å². The zero-order valence-electron chi connectivity index (χ0n) is 9.79. The maximum Gasteiger partial charge on any atom is 0.187 e. The SMILES string of the molecule is O=C([O-])c1csc(Nc2cccc3ccccc23)n1. The van der Waals surface area contributed by atoms with Gasteiger partial charge in [0.15, 0.2) is 5.13 Å². The fourth-order valence-electron chi connectivity index (χ4n) is 1.87. The van der Waals surface area contributed by atoms with Gasteiger partial charge in [0.05, 0.1) is 11.7 Å². The number of carbonyl (C=O) groups is 1. The van der Waals surface area contributed by atoms with Crippen LogP contribution in [0.15, 0.2) is 47.8 Å². The number of benzene rings is 2. The van der Waals surface area contributed by atoms with E-state index in [1.165, 1.54) is 16.7 Å². The van der Waals surface area contributed by atoms with E-state index in [4.69, 9.17) is 0 Å². The Hall–Kier alpha value is -2.40. The van der Waals surface area contributed by atoms with Crippen molar-refractivity contribution in [3.8, 4) is 0 Å². The second kappa shape index (κ2) is 4.70. The zero-order chi connectivity index (χ0) is 13.2. The number of fused-ring (bicyclic) bond motifs is 1. The average Bonchev–Trinajstić information content (AvgIpc) is 2.88. The molecule has 3 aromatic rings. The molecule has 0 aliphatic rings. The van der Waals surface area contributed by atoms with Gasteiger partial charge in [-0.15, -0.1) is 11.3 Å². The van der Waals surface area contributed by atoms with Crippen LogP contribution >= 0.6 is 11.3 Å². The van der Waals surface area contributed by atoms with Gasteiger partial charge in [0, 0.05) is 16.5 Å². The van der Waals surface area contributed by atoms with Crippen LogP contribution in [-0.2, 0) is 0 Å². The molecule has 0 bridgehead atoms. The maximum absolute atomic E-state index is 10.7. The molecule has 0 fully saturated rings. The number of nitrogens with one attached hydrogen (secondary N) is 1. The quantitative estimate of drug-likeness (QED) is 0.793. The summed E-state index contributed by atoms with van der Waals surface area (Å²) < 4.78 is 0. The van der Waals surface area contributed by atoms with Crippen molar-refractivity contribution >= 4 is 38.9 Å². The van der Waals surface area contributed by atoms with E-state index in [2.05, 4.69) is 10.3 Å². The smallest absolute Gasteiger partial charge is 0.187 e. The molecule has 1 aromatic heterocycles. The molecule has 19 heavy (non-hydrogen) atoms. The van der Waals surface area contributed by atoms with Gasteiger partial charge in [0.25, 0.3) is 0 Å². The molecule has 0 atom stereocenters. The number of hydrogen-bond donors (Lipinski definition) is 1. The second-order valence-electron chi connectivity index (χ2n) is 3.98. The average molecular weight is 269 g/mol. The van der Waals surface area contributed by atoms with Crippen LogP contribution in [0.5, 0.6) is 0 Å². The molecular formula is C14H9N2O2S-. The van der Waals surface area contributed by atoms with Crippen molar-refractivity contribution in [3.05, 3.63) is 53.5 Å². The number of thiazole rings is 1. The van der Waals surface area contributed by atoms with Crippen LogP contribution in [0.3, 0.4) is 0 Å². The number of hydrogen-bond acceptors (Lipinski definition) is 5. The molecule has 4 nitrogen and oxygen atoms in total. The Labute approximate surface area is 113 Å². The van der Waals surface area contributed by atoms with Gasteiger partial charge in [0.1, 0.15) is 0 Å². The number of anilines is 2. The van der Waals surface area contributed by atoms with Gasteiger partial charge in [-0.3, -0.25) is 0 Å². The molecule has 0 saturated carbocycles. The number of rotatable bonds is 3. The topological polar surface area (TPSA) is 65.0 Å². The number of carboxylic acids is 1. The summed E-state index contributed by atoms with van der Waals surface area (Å²) in [6, 6.07) is 13.9. The van der Waals surface area contributed by atoms with Crippen LogP contribution in [0.1, 0.15) is 10.5 Å². The molecule has 3 rings (SSSR count). The molecular weight excluding hydrogens is 260 g/mol. The molecule has 0 spiro atoms. The van der Waals surface area contributed by atoms with E-state index < -0.39 is 5.97 Å². The summed E-state index contributed by atoms with van der Waals surface area (Å²) in [4.78, 5) is 14.6. The van der Waals surface area contributed by atoms with Crippen molar-refractivity contribution in [1.29, 1.82) is 0 Å². The lowest BCUT2D eigenvalue weighted by atomic mass is 10.1. The lowest BCUT2D eigenvalue weighted by molar-refractivity contribution is -0.255. The molecule has 5 heteroatoms. The predicted molar refractivity (Wildman–Crippen MR) is 73.7 cm³/mol. The maximum atomic E-state index is 10.7. The highest BCUT2D eigenvalue weighted by Crippen LogP contribution is 2.27. The molecule has 0 aliphatic heterocycles. The van der Waals surface area contributed by atoms with Crippen molar-refractivity contribution in [2.45, 2.75) is 0 Å². The molecule has 94 valence electrons. The second-order valence-corrected chi connectivity index (χ2v) is 4.84. The molecule has 0 radical (unpaired) electrons. The van der Waals surface area contributed by atoms with Crippen LogP contribution in [0, 0.1) is 0 Å². The largest absolute Gasteiger partial charge is 0.543 e. The minimum atomic E-state index is -1.26. The highest BCUT2D eigenvalue weighted by molar-refractivity contribution is 7.14. The monoisotopic (exact) mass is 269 g/mol. The fraction of sp³-hybridized carbons (Fsp3) is 0. The molecule has 0 aliphatic carbocycles. The number of aromatic carboxylic acids is 1. The van der Waals surface area contributed by atoms with E-state index in [0.717, 1.165) is 16.5 Å². The lowest BCUT2D eigenvalue weighted by Gasteiger charge is -2.06. The van der Waals surface area contributed by atoms with Crippen molar-refractivity contribution in [2.24, 2.45) is 0 Å². The molecule has 0 amide bonds. The molecule has 0 saturated heterocycles. The molecule has 2 aromatic carbocycles. The first-order valence-electron chi connectivity index (χ1n) is 5.66. The highest BCUT2D eigenvalue weighted by Gasteiger charge is 2.05. The van der Waals surface area contributed by atoms with Crippen LogP contribution < -0.4 is 10.4 Å². The van der Waals surface area contributed by atoms with Crippen molar-refractivity contribution in [3.63, 3.8) is 0 Å². The van der Waals surface area contributed by atoms with Crippen molar-refractivity contribution in [2.75, 3.05) is 5.32 Å². The van der Waals surface area contributed by atoms with E-state index in [1.54, 1.807) is 0 Å². The van der Waals surface area contributed by atoms with Gasteiger partial charge >= 0.3 is 0 Å². The van der Waals surface area contributed by atoms with E-state index in [0.29, 0.717) is 5.13 Å². The summed E-state index contributed by atoms with van der Waals surface area (Å²) >= 11 is 1.24. The van der Waals surface area contributed by atoms with Gasteiger partial charge in [0.2, 0.25) is 0 Å². The Morgan fingerprint density at radius 3 is 2.74 bits per heavy atom. The number of carboxylic acid groups (broad SMARTS) is 1. The first-order chi connectivity index (χ1) is 9.24. The summed E-state index contributed by atoms with van der Waals surface area (Å²) in [5, 5.41) is 18.0. The summed E-state index contributed by atoms with van der Waals surface area (Å²) in [6.45, 7) is 0. The minimum Gasteiger partial charge on any atom is -0.543 e. The zero-order valence-corrected chi connectivity index (χ0v) is 10.6. The van der Waals surface area contributed by atoms with Gasteiger partial charge in [-0.05, 0) is 11.5 Å². The normalized spacial score (nSPS) is 10.5. The number of nitrogens with zero attached hydrogens (tertiary/aromatic N) is 1. The number of carbonyl (C=O) groups excluding carboxylic acids is 1. The van der Waals surface area contributed by atoms with E-state index in [1.807, 2.05) is 42.5 Å². The Morgan fingerprint density at radius 1 is 1.16 bits per heavy atom. The first-order valence-corrected chi connectivity index (χ1v) is 6.53. The van der Waals surface area contributed by atoms with Crippen LogP contribution in [0.4, 0.5) is 10.8 Å². The number of aromatic nitrogens is 1. The van der Waals surface area contributed by atoms with Crippen molar-refractivity contribution < 1.29 is 9.90 Å². The third kappa shape index (κ3) is 2.28. The Bertz CT molecular complexity index is 747. The van der Waals surface area contributed by atoms with Gasteiger partial charge in [-0.1, -0.05) is 36.4 Å². The van der Waals surface area contributed by atoms with Crippen LogP contribution in [0.25, 0.3) is 10.8 Å². The summed E-state index contributed by atoms with van der Waals surface area (Å²) in [7, 11) is 0. The van der Waals surface area contributed by atoms with Gasteiger partial charge < -0.3 is 15.2 Å². The summed E-state index contributed by atoms with van der Waals surface area (Å²) in [6.07, 6.45) is 0. The Morgan fingerprint density at radius 2 is 1.95 bits per heavy atom. The standard InChI is InChI=1S/C14H10N2O2S/c17-13(18)12-8-19-14(16-12)15-11-7-3-5-9-4-1-2-6-10(9)11/h1-8H,(H,15,16)(H,17,18)/p-1. The van der Waals surface area contributed by atoms with Gasteiger partial charge in [-0.25, -0.2) is 4.98 Å². The van der Waals surface area contributed by atoms with E-state index in [-0.39, 0.29) is 5.69 Å². The third-order valence-corrected chi connectivity index (χ3v) is 3.50. The van der Waals surface area contributed by atoms with E-state index >= 15 is 0 Å². The molecule has 1 N–H and O–H groups in total. The third-order valence-electron chi connectivity index (χ3n) is 2.74.